The third-order valence-corrected chi connectivity index (χ3v) is 11.1. The number of rotatable bonds is 8. The molecule has 0 radical (unpaired) electrons. The van der Waals surface area contributed by atoms with Gasteiger partial charge in [-0.25, -0.2) is 0 Å². The van der Waals surface area contributed by atoms with Crippen LogP contribution in [0.4, 0.5) is 17.1 Å². The van der Waals surface area contributed by atoms with Gasteiger partial charge in [0.05, 0.1) is 5.69 Å². The predicted octanol–water partition coefficient (Wildman–Crippen LogP) is 15.8. The van der Waals surface area contributed by atoms with Crippen molar-refractivity contribution in [3.63, 3.8) is 0 Å². The van der Waals surface area contributed by atoms with Crippen molar-refractivity contribution in [2.24, 2.45) is 0 Å². The molecule has 1 nitrogen and oxygen atoms in total. The summed E-state index contributed by atoms with van der Waals surface area (Å²) in [6.45, 7) is 0. The van der Waals surface area contributed by atoms with E-state index in [1.54, 1.807) is 0 Å². The van der Waals surface area contributed by atoms with Gasteiger partial charge in [0.25, 0.3) is 0 Å². The molecule has 0 heterocycles. The van der Waals surface area contributed by atoms with Gasteiger partial charge in [-0.1, -0.05) is 200 Å². The monoisotopic (exact) mass is 725 g/mol. The highest BCUT2D eigenvalue weighted by Gasteiger charge is 2.23. The van der Waals surface area contributed by atoms with Crippen LogP contribution in [0.2, 0.25) is 0 Å². The van der Waals surface area contributed by atoms with Gasteiger partial charge in [0.1, 0.15) is 0 Å². The maximum atomic E-state index is 2.43. The van der Waals surface area contributed by atoms with E-state index in [1.807, 2.05) is 0 Å². The first-order valence-corrected chi connectivity index (χ1v) is 19.6. The summed E-state index contributed by atoms with van der Waals surface area (Å²) in [6, 6.07) is 85.6. The van der Waals surface area contributed by atoms with Crippen LogP contribution >= 0.6 is 0 Å². The van der Waals surface area contributed by atoms with E-state index in [0.717, 1.165) is 17.1 Å². The number of para-hydroxylation sites is 1. The average molecular weight is 726 g/mol. The molecule has 0 aromatic heterocycles. The molecule has 57 heavy (non-hydrogen) atoms. The van der Waals surface area contributed by atoms with Gasteiger partial charge in [0.15, 0.2) is 0 Å². The van der Waals surface area contributed by atoms with E-state index >= 15 is 0 Å². The molecule has 0 aliphatic rings. The zero-order valence-corrected chi connectivity index (χ0v) is 31.5. The second-order valence-corrected chi connectivity index (χ2v) is 14.4. The second-order valence-electron chi connectivity index (χ2n) is 14.4. The van der Waals surface area contributed by atoms with Crippen LogP contribution in [0.5, 0.6) is 0 Å². The van der Waals surface area contributed by atoms with Crippen molar-refractivity contribution in [1.82, 2.24) is 0 Å². The maximum absolute atomic E-state index is 2.43. The first-order chi connectivity index (χ1) is 28.3. The van der Waals surface area contributed by atoms with Crippen molar-refractivity contribution in [2.45, 2.75) is 0 Å². The van der Waals surface area contributed by atoms with Gasteiger partial charge < -0.3 is 4.90 Å². The lowest BCUT2D eigenvalue weighted by Gasteiger charge is -2.29. The number of benzene rings is 10. The Morgan fingerprint density at radius 3 is 1.33 bits per heavy atom. The Kier molecular flexibility index (Phi) is 8.95. The van der Waals surface area contributed by atoms with Crippen molar-refractivity contribution in [3.8, 4) is 55.6 Å². The van der Waals surface area contributed by atoms with Gasteiger partial charge in [0.2, 0.25) is 0 Å². The Labute approximate surface area is 334 Å². The molecule has 0 amide bonds. The van der Waals surface area contributed by atoms with Gasteiger partial charge in [-0.15, -0.1) is 0 Å². The van der Waals surface area contributed by atoms with E-state index in [2.05, 4.69) is 241 Å². The highest BCUT2D eigenvalue weighted by atomic mass is 15.1. The molecule has 0 unspecified atom stereocenters. The summed E-state index contributed by atoms with van der Waals surface area (Å²) >= 11 is 0. The number of fused-ring (bicyclic) bond motifs is 3. The van der Waals surface area contributed by atoms with Crippen molar-refractivity contribution < 1.29 is 0 Å². The zero-order valence-electron chi connectivity index (χ0n) is 31.5. The summed E-state index contributed by atoms with van der Waals surface area (Å²) in [4.78, 5) is 2.43. The van der Waals surface area contributed by atoms with Crippen LogP contribution in [0.25, 0.3) is 77.2 Å². The second kappa shape index (κ2) is 15.0. The molecular formula is C56H39N. The maximum Gasteiger partial charge on any atom is 0.0546 e. The molecular weight excluding hydrogens is 687 g/mol. The summed E-state index contributed by atoms with van der Waals surface area (Å²) < 4.78 is 0. The Morgan fingerprint density at radius 1 is 0.246 bits per heavy atom. The highest BCUT2D eigenvalue weighted by Crippen LogP contribution is 2.50. The van der Waals surface area contributed by atoms with Gasteiger partial charge >= 0.3 is 0 Å². The van der Waals surface area contributed by atoms with Crippen molar-refractivity contribution in [3.05, 3.63) is 237 Å². The van der Waals surface area contributed by atoms with E-state index in [0.29, 0.717) is 0 Å². The van der Waals surface area contributed by atoms with Crippen molar-refractivity contribution >= 4 is 38.6 Å². The first kappa shape index (κ1) is 34.0. The fourth-order valence-electron chi connectivity index (χ4n) is 8.46. The summed E-state index contributed by atoms with van der Waals surface area (Å²) in [5.41, 5.74) is 15.4. The fourth-order valence-corrected chi connectivity index (χ4v) is 8.46. The van der Waals surface area contributed by atoms with Gasteiger partial charge in [-0.2, -0.15) is 0 Å². The average Bonchev–Trinajstić information content (AvgIpc) is 3.30. The lowest BCUT2D eigenvalue weighted by atomic mass is 9.84. The van der Waals surface area contributed by atoms with E-state index in [4.69, 9.17) is 0 Å². The third-order valence-electron chi connectivity index (χ3n) is 11.1. The van der Waals surface area contributed by atoms with Crippen molar-refractivity contribution in [2.75, 3.05) is 4.90 Å². The Morgan fingerprint density at radius 2 is 0.702 bits per heavy atom. The van der Waals surface area contributed by atoms with Crippen LogP contribution in [0.3, 0.4) is 0 Å². The van der Waals surface area contributed by atoms with Crippen LogP contribution < -0.4 is 4.90 Å². The molecule has 0 fully saturated rings. The molecule has 0 spiro atoms. The van der Waals surface area contributed by atoms with Gasteiger partial charge in [-0.05, 0) is 103 Å². The minimum Gasteiger partial charge on any atom is -0.310 e. The SMILES string of the molecule is c1ccc(-c2ccc(-c3ccc(N(c4ccccc4)c4cccc5c4c(-c4ccccc4)c(-c4ccccc4)c4ccccc45)cc3)c(-c3ccccc3)c2)cc1. The van der Waals surface area contributed by atoms with Crippen LogP contribution in [0.1, 0.15) is 0 Å². The minimum absolute atomic E-state index is 1.09. The van der Waals surface area contributed by atoms with Crippen LogP contribution in [0.15, 0.2) is 237 Å². The Bertz CT molecular complexity index is 2960. The highest BCUT2D eigenvalue weighted by molar-refractivity contribution is 6.25. The molecule has 1 heteroatoms. The number of nitrogens with zero attached hydrogens (tertiary/aromatic N) is 1. The number of hydrogen-bond acceptors (Lipinski definition) is 1. The third kappa shape index (κ3) is 6.36. The van der Waals surface area contributed by atoms with Crippen LogP contribution in [-0.2, 0) is 0 Å². The normalized spacial score (nSPS) is 11.2. The zero-order chi connectivity index (χ0) is 38.0. The smallest absolute Gasteiger partial charge is 0.0546 e. The summed E-state index contributed by atoms with van der Waals surface area (Å²) in [5.74, 6) is 0. The quantitative estimate of drug-likeness (QED) is 0.141. The molecule has 0 saturated carbocycles. The standard InChI is InChI=1S/C56H39N/c1-6-19-40(20-7-1)45-35-38-48(52(39-45)41-21-8-2-9-22-41)42-33-36-47(37-34-42)57(46-27-14-5-15-28-46)53-32-18-31-51-49-29-16-17-30-50(49)54(43-23-10-3-11-24-43)55(56(51)53)44-25-12-4-13-26-44/h1-39H. The van der Waals surface area contributed by atoms with E-state index in [9.17, 15) is 0 Å². The first-order valence-electron chi connectivity index (χ1n) is 19.6. The van der Waals surface area contributed by atoms with E-state index in [-0.39, 0.29) is 0 Å². The molecule has 10 aromatic carbocycles. The fraction of sp³-hybridized carbons (Fsp3) is 0. The van der Waals surface area contributed by atoms with Gasteiger partial charge in [-0.3, -0.25) is 0 Å². The molecule has 10 rings (SSSR count). The van der Waals surface area contributed by atoms with Crippen LogP contribution in [0, 0.1) is 0 Å². The molecule has 0 aliphatic carbocycles. The summed E-state index contributed by atoms with van der Waals surface area (Å²) in [7, 11) is 0. The van der Waals surface area contributed by atoms with Crippen LogP contribution in [-0.4, -0.2) is 0 Å². The number of anilines is 3. The molecule has 0 N–H and O–H groups in total. The Balaban J connectivity index is 1.20. The van der Waals surface area contributed by atoms with E-state index in [1.165, 1.54) is 77.2 Å². The van der Waals surface area contributed by atoms with Crippen molar-refractivity contribution in [1.29, 1.82) is 0 Å². The summed E-state index contributed by atoms with van der Waals surface area (Å²) in [6.07, 6.45) is 0. The molecule has 268 valence electrons. The summed E-state index contributed by atoms with van der Waals surface area (Å²) in [5, 5.41) is 4.93. The lowest BCUT2D eigenvalue weighted by molar-refractivity contribution is 1.30. The topological polar surface area (TPSA) is 3.24 Å². The minimum atomic E-state index is 1.09. The molecule has 0 bridgehead atoms. The Hall–Kier alpha value is -7.48. The predicted molar refractivity (Wildman–Crippen MR) is 243 cm³/mol. The molecule has 10 aromatic rings. The van der Waals surface area contributed by atoms with Gasteiger partial charge in [0, 0.05) is 22.3 Å². The lowest BCUT2D eigenvalue weighted by Crippen LogP contribution is -2.11. The van der Waals surface area contributed by atoms with E-state index < -0.39 is 0 Å². The molecule has 0 aliphatic heterocycles. The largest absolute Gasteiger partial charge is 0.310 e. The molecule has 0 saturated heterocycles. The molecule has 0 atom stereocenters. The number of hydrogen-bond donors (Lipinski definition) is 0.